The summed E-state index contributed by atoms with van der Waals surface area (Å²) < 4.78 is 8.75. The molecule has 1 aliphatic rings. The molecule has 0 aliphatic carbocycles. The van der Waals surface area contributed by atoms with Gasteiger partial charge in [-0.05, 0) is 36.8 Å². The number of carbonyl (C=O) groups is 1. The Labute approximate surface area is 145 Å². The summed E-state index contributed by atoms with van der Waals surface area (Å²) in [6.45, 7) is 1.97. The molecule has 0 saturated heterocycles. The van der Waals surface area contributed by atoms with Crippen LogP contribution in [0.4, 0.5) is 5.82 Å². The van der Waals surface area contributed by atoms with Gasteiger partial charge in [-0.1, -0.05) is 0 Å². The molecule has 0 saturated carbocycles. The van der Waals surface area contributed by atoms with E-state index < -0.39 is 0 Å². The van der Waals surface area contributed by atoms with E-state index in [1.807, 2.05) is 50.6 Å². The molecule has 1 atom stereocenters. The molecule has 1 N–H and O–H groups in total. The van der Waals surface area contributed by atoms with Gasteiger partial charge in [0.05, 0.1) is 24.7 Å². The van der Waals surface area contributed by atoms with Crippen molar-refractivity contribution in [2.45, 2.75) is 19.3 Å². The lowest BCUT2D eigenvalue weighted by atomic mass is 9.87. The molecule has 0 fully saturated rings. The van der Waals surface area contributed by atoms with Gasteiger partial charge in [0.25, 0.3) is 0 Å². The third-order valence-electron chi connectivity index (χ3n) is 4.55. The highest BCUT2D eigenvalue weighted by molar-refractivity contribution is 5.95. The summed E-state index contributed by atoms with van der Waals surface area (Å²) in [4.78, 5) is 12.3. The number of anilines is 1. The highest BCUT2D eigenvalue weighted by Gasteiger charge is 2.33. The van der Waals surface area contributed by atoms with Crippen LogP contribution in [0.25, 0.3) is 5.69 Å². The van der Waals surface area contributed by atoms with Gasteiger partial charge in [0.2, 0.25) is 5.91 Å². The number of aromatic nitrogens is 4. The Balaban J connectivity index is 1.83. The van der Waals surface area contributed by atoms with Gasteiger partial charge < -0.3 is 10.1 Å². The number of ether oxygens (including phenoxy) is 1. The third-order valence-corrected chi connectivity index (χ3v) is 4.55. The molecule has 0 spiro atoms. The summed E-state index contributed by atoms with van der Waals surface area (Å²) in [6, 6.07) is 7.60. The molecule has 3 aromatic rings. The summed E-state index contributed by atoms with van der Waals surface area (Å²) in [5.74, 6) is 1.45. The Hall–Kier alpha value is -3.09. The van der Waals surface area contributed by atoms with E-state index in [0.29, 0.717) is 6.42 Å². The zero-order chi connectivity index (χ0) is 17.6. The van der Waals surface area contributed by atoms with E-state index in [9.17, 15) is 4.79 Å². The molecule has 1 unspecified atom stereocenters. The van der Waals surface area contributed by atoms with E-state index >= 15 is 0 Å². The smallest absolute Gasteiger partial charge is 0.226 e. The average molecular weight is 337 g/mol. The lowest BCUT2D eigenvalue weighted by Gasteiger charge is -2.23. The van der Waals surface area contributed by atoms with Gasteiger partial charge >= 0.3 is 0 Å². The molecule has 128 valence electrons. The van der Waals surface area contributed by atoms with Gasteiger partial charge in [-0.25, -0.2) is 4.68 Å². The topological polar surface area (TPSA) is 74.0 Å². The van der Waals surface area contributed by atoms with E-state index in [2.05, 4.69) is 15.5 Å². The van der Waals surface area contributed by atoms with Crippen LogP contribution in [0.3, 0.4) is 0 Å². The molecular formula is C18H19N5O2. The summed E-state index contributed by atoms with van der Waals surface area (Å²) in [5, 5.41) is 11.9. The monoisotopic (exact) mass is 337 g/mol. The number of fused-ring (bicyclic) bond motifs is 1. The molecule has 7 heteroatoms. The van der Waals surface area contributed by atoms with E-state index in [0.717, 1.165) is 34.1 Å². The van der Waals surface area contributed by atoms with Crippen molar-refractivity contribution >= 4 is 11.7 Å². The summed E-state index contributed by atoms with van der Waals surface area (Å²) >= 11 is 0. The first-order valence-electron chi connectivity index (χ1n) is 8.09. The standard InChI is InChI=1S/C18H19N5O2/c1-11-17-15(12-9-19-22(2)10-12)8-16(24)20-18(17)23(21-11)13-4-6-14(25-3)7-5-13/h4-7,9-10,15H,8H2,1-3H3,(H,20,24). The predicted octanol–water partition coefficient (Wildman–Crippen LogP) is 2.40. The SMILES string of the molecule is COc1ccc(-n2nc(C)c3c2NC(=O)CC3c2cnn(C)c2)cc1. The number of nitrogens with one attached hydrogen (secondary N) is 1. The first-order valence-corrected chi connectivity index (χ1v) is 8.09. The van der Waals surface area contributed by atoms with Crippen molar-refractivity contribution in [1.29, 1.82) is 0 Å². The number of hydrogen-bond acceptors (Lipinski definition) is 4. The van der Waals surface area contributed by atoms with Crippen molar-refractivity contribution in [3.63, 3.8) is 0 Å². The maximum atomic E-state index is 12.3. The molecule has 0 bridgehead atoms. The van der Waals surface area contributed by atoms with Gasteiger partial charge in [0.1, 0.15) is 11.6 Å². The third kappa shape index (κ3) is 2.57. The zero-order valence-electron chi connectivity index (χ0n) is 14.4. The maximum Gasteiger partial charge on any atom is 0.226 e. The van der Waals surface area contributed by atoms with Crippen molar-refractivity contribution in [2.75, 3.05) is 12.4 Å². The van der Waals surface area contributed by atoms with Gasteiger partial charge in [-0.3, -0.25) is 9.48 Å². The van der Waals surface area contributed by atoms with Crippen LogP contribution in [0, 0.1) is 6.92 Å². The quantitative estimate of drug-likeness (QED) is 0.796. The minimum absolute atomic E-state index is 0.0176. The van der Waals surface area contributed by atoms with Crippen molar-refractivity contribution in [1.82, 2.24) is 19.6 Å². The summed E-state index contributed by atoms with van der Waals surface area (Å²) in [5.41, 5.74) is 3.84. The fourth-order valence-electron chi connectivity index (χ4n) is 3.36. The van der Waals surface area contributed by atoms with Crippen LogP contribution < -0.4 is 10.1 Å². The zero-order valence-corrected chi connectivity index (χ0v) is 14.4. The molecule has 7 nitrogen and oxygen atoms in total. The van der Waals surface area contributed by atoms with Crippen LogP contribution in [0.15, 0.2) is 36.7 Å². The highest BCUT2D eigenvalue weighted by atomic mass is 16.5. The highest BCUT2D eigenvalue weighted by Crippen LogP contribution is 2.40. The molecule has 1 aromatic carbocycles. The van der Waals surface area contributed by atoms with Gasteiger partial charge in [0.15, 0.2) is 0 Å². The van der Waals surface area contributed by atoms with Gasteiger partial charge in [-0.15, -0.1) is 0 Å². The van der Waals surface area contributed by atoms with Crippen LogP contribution in [-0.2, 0) is 11.8 Å². The predicted molar refractivity (Wildman–Crippen MR) is 93.2 cm³/mol. The van der Waals surface area contributed by atoms with Crippen molar-refractivity contribution in [3.8, 4) is 11.4 Å². The molecule has 4 rings (SSSR count). The minimum atomic E-state index is -0.0375. The second-order valence-electron chi connectivity index (χ2n) is 6.21. The Bertz CT molecular complexity index is 939. The first kappa shape index (κ1) is 15.4. The largest absolute Gasteiger partial charge is 0.497 e. The van der Waals surface area contributed by atoms with Crippen molar-refractivity contribution in [2.24, 2.45) is 7.05 Å². The Morgan fingerprint density at radius 1 is 1.28 bits per heavy atom. The van der Waals surface area contributed by atoms with Crippen LogP contribution in [0.5, 0.6) is 5.75 Å². The number of hydrogen-bond donors (Lipinski definition) is 1. The lowest BCUT2D eigenvalue weighted by molar-refractivity contribution is -0.116. The van der Waals surface area contributed by atoms with E-state index in [4.69, 9.17) is 4.74 Å². The van der Waals surface area contributed by atoms with Gasteiger partial charge in [0, 0.05) is 31.1 Å². The Kier molecular flexibility index (Phi) is 3.56. The molecule has 3 heterocycles. The summed E-state index contributed by atoms with van der Waals surface area (Å²) in [7, 11) is 3.51. The molecule has 2 aromatic heterocycles. The number of rotatable bonds is 3. The fraction of sp³-hybridized carbons (Fsp3) is 0.278. The molecule has 1 aliphatic heterocycles. The Morgan fingerprint density at radius 3 is 2.68 bits per heavy atom. The van der Waals surface area contributed by atoms with Crippen LogP contribution in [0.2, 0.25) is 0 Å². The van der Waals surface area contributed by atoms with Crippen LogP contribution in [0.1, 0.15) is 29.2 Å². The fourth-order valence-corrected chi connectivity index (χ4v) is 3.36. The number of nitrogens with zero attached hydrogens (tertiary/aromatic N) is 4. The van der Waals surface area contributed by atoms with E-state index in [1.54, 1.807) is 16.5 Å². The Morgan fingerprint density at radius 2 is 2.04 bits per heavy atom. The van der Waals surface area contributed by atoms with Crippen molar-refractivity contribution < 1.29 is 9.53 Å². The number of amides is 1. The van der Waals surface area contributed by atoms with Crippen LogP contribution >= 0.6 is 0 Å². The van der Waals surface area contributed by atoms with Crippen LogP contribution in [-0.4, -0.2) is 32.6 Å². The number of carbonyl (C=O) groups excluding carboxylic acids is 1. The number of aryl methyl sites for hydroxylation is 2. The molecule has 25 heavy (non-hydrogen) atoms. The van der Waals surface area contributed by atoms with E-state index in [1.165, 1.54) is 0 Å². The summed E-state index contributed by atoms with van der Waals surface area (Å²) in [6.07, 6.45) is 4.17. The average Bonchev–Trinajstić information content (AvgIpc) is 3.18. The number of methoxy groups -OCH3 is 1. The van der Waals surface area contributed by atoms with Crippen molar-refractivity contribution in [3.05, 3.63) is 53.5 Å². The second-order valence-corrected chi connectivity index (χ2v) is 6.21. The van der Waals surface area contributed by atoms with Gasteiger partial charge in [-0.2, -0.15) is 10.2 Å². The number of benzene rings is 1. The maximum absolute atomic E-state index is 12.3. The normalized spacial score (nSPS) is 16.4. The molecule has 1 amide bonds. The van der Waals surface area contributed by atoms with E-state index in [-0.39, 0.29) is 11.8 Å². The molecular weight excluding hydrogens is 318 g/mol. The lowest BCUT2D eigenvalue weighted by Crippen LogP contribution is -2.24. The first-order chi connectivity index (χ1) is 12.1. The second kappa shape index (κ2) is 5.77. The molecule has 0 radical (unpaired) electrons. The minimum Gasteiger partial charge on any atom is -0.497 e.